The molecule has 0 spiro atoms. The first-order valence-electron chi connectivity index (χ1n) is 6.36. The standard InChI is InChI=1S/C14H16N4O3/c1-11(19)15-12-4-3-5-13(8-12)18(21)14(20)9-17-7-6-16(2)10-17/h3-8,10,21H,9H2,1-2H3/p+1. The van der Waals surface area contributed by atoms with Crippen LogP contribution in [0.1, 0.15) is 6.92 Å². The van der Waals surface area contributed by atoms with Gasteiger partial charge in [0.25, 0.3) is 5.91 Å². The summed E-state index contributed by atoms with van der Waals surface area (Å²) in [5, 5.41) is 13.1. The van der Waals surface area contributed by atoms with Gasteiger partial charge in [-0.3, -0.25) is 14.8 Å². The number of aryl methyl sites for hydroxylation is 1. The van der Waals surface area contributed by atoms with Crippen LogP contribution < -0.4 is 14.9 Å². The lowest BCUT2D eigenvalue weighted by Gasteiger charge is -2.15. The van der Waals surface area contributed by atoms with Crippen LogP contribution in [0.2, 0.25) is 0 Å². The molecule has 7 nitrogen and oxygen atoms in total. The molecule has 110 valence electrons. The van der Waals surface area contributed by atoms with Gasteiger partial charge in [-0.15, -0.1) is 0 Å². The molecule has 1 aromatic carbocycles. The number of rotatable bonds is 4. The first-order chi connectivity index (χ1) is 9.95. The van der Waals surface area contributed by atoms with Gasteiger partial charge in [0, 0.05) is 12.6 Å². The number of amides is 2. The molecular weight excluding hydrogens is 272 g/mol. The second-order valence-corrected chi connectivity index (χ2v) is 4.69. The van der Waals surface area contributed by atoms with Crippen LogP contribution in [0.25, 0.3) is 0 Å². The molecule has 2 aromatic rings. The number of nitrogens with one attached hydrogen (secondary N) is 1. The zero-order chi connectivity index (χ0) is 15.4. The zero-order valence-electron chi connectivity index (χ0n) is 11.9. The maximum atomic E-state index is 12.0. The molecule has 1 aromatic heterocycles. The van der Waals surface area contributed by atoms with E-state index in [0.29, 0.717) is 16.4 Å². The summed E-state index contributed by atoms with van der Waals surface area (Å²) in [6.07, 6.45) is 5.27. The summed E-state index contributed by atoms with van der Waals surface area (Å²) < 4.78 is 3.45. The third-order valence-electron chi connectivity index (χ3n) is 2.79. The van der Waals surface area contributed by atoms with E-state index in [1.807, 2.05) is 7.05 Å². The van der Waals surface area contributed by atoms with Crippen molar-refractivity contribution >= 4 is 23.2 Å². The van der Waals surface area contributed by atoms with E-state index in [-0.39, 0.29) is 12.5 Å². The Bertz CT molecular complexity index is 666. The van der Waals surface area contributed by atoms with Gasteiger partial charge < -0.3 is 5.32 Å². The van der Waals surface area contributed by atoms with Crippen LogP contribution in [0.15, 0.2) is 43.0 Å². The van der Waals surface area contributed by atoms with Crippen LogP contribution in [0.4, 0.5) is 11.4 Å². The number of hydroxylamine groups is 1. The van der Waals surface area contributed by atoms with Gasteiger partial charge in [0.2, 0.25) is 12.2 Å². The third-order valence-corrected chi connectivity index (χ3v) is 2.79. The predicted octanol–water partition coefficient (Wildman–Crippen LogP) is 0.693. The Morgan fingerprint density at radius 1 is 1.43 bits per heavy atom. The van der Waals surface area contributed by atoms with Crippen LogP contribution in [0.5, 0.6) is 0 Å². The van der Waals surface area contributed by atoms with Gasteiger partial charge in [-0.25, -0.2) is 9.13 Å². The van der Waals surface area contributed by atoms with Crippen molar-refractivity contribution in [3.63, 3.8) is 0 Å². The minimum atomic E-state index is -0.480. The molecule has 2 rings (SSSR count). The fraction of sp³-hybridized carbons (Fsp3) is 0.214. The van der Waals surface area contributed by atoms with E-state index in [2.05, 4.69) is 5.32 Å². The molecule has 0 atom stereocenters. The maximum absolute atomic E-state index is 12.0. The highest BCUT2D eigenvalue weighted by Gasteiger charge is 2.17. The number of benzene rings is 1. The Labute approximate surface area is 122 Å². The number of imidazole rings is 1. The molecule has 2 N–H and O–H groups in total. The van der Waals surface area contributed by atoms with Gasteiger partial charge in [-0.2, -0.15) is 5.06 Å². The Balaban J connectivity index is 2.09. The average molecular weight is 289 g/mol. The van der Waals surface area contributed by atoms with Crippen molar-refractivity contribution in [1.29, 1.82) is 0 Å². The van der Waals surface area contributed by atoms with Crippen molar-refractivity contribution in [3.8, 4) is 0 Å². The highest BCUT2D eigenvalue weighted by molar-refractivity contribution is 5.93. The summed E-state index contributed by atoms with van der Waals surface area (Å²) >= 11 is 0. The number of aromatic nitrogens is 2. The van der Waals surface area contributed by atoms with Crippen molar-refractivity contribution in [2.75, 3.05) is 10.4 Å². The lowest BCUT2D eigenvalue weighted by molar-refractivity contribution is -0.671. The molecule has 0 unspecified atom stereocenters. The Morgan fingerprint density at radius 3 is 2.81 bits per heavy atom. The summed E-state index contributed by atoms with van der Waals surface area (Å²) in [5.41, 5.74) is 0.807. The highest BCUT2D eigenvalue weighted by Crippen LogP contribution is 2.18. The van der Waals surface area contributed by atoms with Crippen molar-refractivity contribution in [3.05, 3.63) is 43.0 Å². The molecule has 0 aliphatic carbocycles. The minimum absolute atomic E-state index is 0.0156. The minimum Gasteiger partial charge on any atom is -0.326 e. The molecule has 0 radical (unpaired) electrons. The Morgan fingerprint density at radius 2 is 2.19 bits per heavy atom. The fourth-order valence-electron chi connectivity index (χ4n) is 1.88. The number of anilines is 2. The summed E-state index contributed by atoms with van der Waals surface area (Å²) in [6.45, 7) is 1.41. The smallest absolute Gasteiger partial charge is 0.292 e. The molecule has 0 aliphatic rings. The van der Waals surface area contributed by atoms with Gasteiger partial charge in [-0.1, -0.05) is 6.07 Å². The first-order valence-corrected chi connectivity index (χ1v) is 6.36. The van der Waals surface area contributed by atoms with Crippen LogP contribution in [0.3, 0.4) is 0 Å². The summed E-state index contributed by atoms with van der Waals surface area (Å²) in [6, 6.07) is 6.43. The molecule has 0 saturated carbocycles. The summed E-state index contributed by atoms with van der Waals surface area (Å²) in [4.78, 5) is 23.0. The quantitative estimate of drug-likeness (QED) is 0.494. The molecular formula is C14H17N4O3+. The van der Waals surface area contributed by atoms with Crippen LogP contribution >= 0.6 is 0 Å². The monoisotopic (exact) mass is 289 g/mol. The normalized spacial score (nSPS) is 10.2. The number of hydrogen-bond acceptors (Lipinski definition) is 3. The van der Waals surface area contributed by atoms with Gasteiger partial charge in [-0.05, 0) is 18.2 Å². The second kappa shape index (κ2) is 6.19. The van der Waals surface area contributed by atoms with E-state index in [4.69, 9.17) is 0 Å². The molecule has 0 bridgehead atoms. The lowest BCUT2D eigenvalue weighted by Crippen LogP contribution is -2.31. The molecule has 1 heterocycles. The SMILES string of the molecule is CC(=O)Nc1cccc(N(O)C(=O)Cn2cc[n+](C)c2)c1. The van der Waals surface area contributed by atoms with Gasteiger partial charge in [0.15, 0.2) is 6.54 Å². The third kappa shape index (κ3) is 3.90. The summed E-state index contributed by atoms with van der Waals surface area (Å²) in [5.74, 6) is -0.700. The van der Waals surface area contributed by atoms with E-state index in [1.165, 1.54) is 13.0 Å². The van der Waals surface area contributed by atoms with Crippen molar-refractivity contribution in [2.45, 2.75) is 13.5 Å². The largest absolute Gasteiger partial charge is 0.326 e. The second-order valence-electron chi connectivity index (χ2n) is 4.69. The fourth-order valence-corrected chi connectivity index (χ4v) is 1.88. The molecule has 7 heteroatoms. The van der Waals surface area contributed by atoms with Gasteiger partial charge >= 0.3 is 0 Å². The maximum Gasteiger partial charge on any atom is 0.292 e. The van der Waals surface area contributed by atoms with E-state index in [9.17, 15) is 14.8 Å². The van der Waals surface area contributed by atoms with Crippen molar-refractivity contribution < 1.29 is 19.4 Å². The van der Waals surface area contributed by atoms with E-state index in [1.54, 1.807) is 46.1 Å². The van der Waals surface area contributed by atoms with Gasteiger partial charge in [0.1, 0.15) is 12.4 Å². The van der Waals surface area contributed by atoms with Crippen molar-refractivity contribution in [2.24, 2.45) is 7.05 Å². The molecule has 2 amide bonds. The van der Waals surface area contributed by atoms with E-state index >= 15 is 0 Å². The Hall–Kier alpha value is -2.67. The van der Waals surface area contributed by atoms with Crippen LogP contribution in [0, 0.1) is 0 Å². The lowest BCUT2D eigenvalue weighted by atomic mass is 10.2. The van der Waals surface area contributed by atoms with Crippen molar-refractivity contribution in [1.82, 2.24) is 4.57 Å². The van der Waals surface area contributed by atoms with Crippen LogP contribution in [-0.2, 0) is 23.2 Å². The number of hydrogen-bond donors (Lipinski definition) is 2. The number of carbonyl (C=O) groups is 2. The molecule has 0 aliphatic heterocycles. The topological polar surface area (TPSA) is 78.5 Å². The summed E-state index contributed by atoms with van der Waals surface area (Å²) in [7, 11) is 1.84. The molecule has 0 fully saturated rings. The molecule has 0 saturated heterocycles. The van der Waals surface area contributed by atoms with E-state index < -0.39 is 5.91 Å². The predicted molar refractivity (Wildman–Crippen MR) is 75.6 cm³/mol. The highest BCUT2D eigenvalue weighted by atomic mass is 16.5. The Kier molecular flexibility index (Phi) is 4.34. The number of nitrogens with zero attached hydrogens (tertiary/aromatic N) is 3. The first kappa shape index (κ1) is 14.7. The number of carbonyl (C=O) groups excluding carboxylic acids is 2. The average Bonchev–Trinajstić information content (AvgIpc) is 2.82. The van der Waals surface area contributed by atoms with Crippen LogP contribution in [-0.4, -0.2) is 21.6 Å². The van der Waals surface area contributed by atoms with E-state index in [0.717, 1.165) is 0 Å². The zero-order valence-corrected chi connectivity index (χ0v) is 11.9. The molecule has 21 heavy (non-hydrogen) atoms. The van der Waals surface area contributed by atoms with Gasteiger partial charge in [0.05, 0.1) is 12.7 Å².